The van der Waals surface area contributed by atoms with Crippen molar-refractivity contribution < 1.29 is 0 Å². The maximum atomic E-state index is 2.72. The lowest BCUT2D eigenvalue weighted by Gasteiger charge is -2.37. The van der Waals surface area contributed by atoms with Gasteiger partial charge in [0.15, 0.2) is 0 Å². The Morgan fingerprint density at radius 2 is 1.60 bits per heavy atom. The summed E-state index contributed by atoms with van der Waals surface area (Å²) in [6.45, 7) is 7.31. The Balaban J connectivity index is 1.18. The highest BCUT2D eigenvalue weighted by Crippen LogP contribution is 2.43. The van der Waals surface area contributed by atoms with E-state index in [4.69, 9.17) is 0 Å². The lowest BCUT2D eigenvalue weighted by molar-refractivity contribution is 0.109. The molecule has 0 amide bonds. The normalized spacial score (nSPS) is 29.7. The van der Waals surface area contributed by atoms with Gasteiger partial charge >= 0.3 is 0 Å². The second-order valence-electron chi connectivity index (χ2n) is 8.26. The minimum Gasteiger partial charge on any atom is -0.300 e. The standard InChI is InChI=1S/C23H28N2/c1-2-7-23-19(4-1)5-3-6-21(23)16-24-10-12-25(13-11-24)17-22-15-18-8-9-20(22)14-18/h1-9,18,20,22H,10-17H2/t18-,20-,22-/m1/s1. The van der Waals surface area contributed by atoms with Crippen LogP contribution in [0, 0.1) is 17.8 Å². The van der Waals surface area contributed by atoms with Gasteiger partial charge in [0.05, 0.1) is 0 Å². The van der Waals surface area contributed by atoms with E-state index in [2.05, 4.69) is 64.4 Å². The van der Waals surface area contributed by atoms with Crippen molar-refractivity contribution in [2.45, 2.75) is 19.4 Å². The minimum atomic E-state index is 0.888. The molecule has 2 heteroatoms. The molecule has 1 heterocycles. The van der Waals surface area contributed by atoms with Gasteiger partial charge in [-0.3, -0.25) is 4.90 Å². The van der Waals surface area contributed by atoms with E-state index in [9.17, 15) is 0 Å². The molecule has 1 aliphatic heterocycles. The fourth-order valence-electron chi connectivity index (χ4n) is 5.24. The quantitative estimate of drug-likeness (QED) is 0.775. The Labute approximate surface area is 151 Å². The van der Waals surface area contributed by atoms with Crippen LogP contribution in [0.15, 0.2) is 54.6 Å². The predicted octanol–water partition coefficient (Wildman–Crippen LogP) is 4.17. The van der Waals surface area contributed by atoms with E-state index < -0.39 is 0 Å². The maximum absolute atomic E-state index is 2.72. The van der Waals surface area contributed by atoms with E-state index >= 15 is 0 Å². The molecule has 0 N–H and O–H groups in total. The second kappa shape index (κ2) is 6.59. The van der Waals surface area contributed by atoms with Crippen LogP contribution in [0.4, 0.5) is 0 Å². The Hall–Kier alpha value is -1.64. The van der Waals surface area contributed by atoms with E-state index in [1.54, 1.807) is 0 Å². The van der Waals surface area contributed by atoms with E-state index in [1.807, 2.05) is 0 Å². The van der Waals surface area contributed by atoms with Gasteiger partial charge in [-0.2, -0.15) is 0 Å². The van der Waals surface area contributed by atoms with Gasteiger partial charge in [0.25, 0.3) is 0 Å². The molecule has 3 atom stereocenters. The first kappa shape index (κ1) is 15.6. The second-order valence-corrected chi connectivity index (χ2v) is 8.26. The van der Waals surface area contributed by atoms with Crippen LogP contribution >= 0.6 is 0 Å². The molecule has 2 aromatic rings. The lowest BCUT2D eigenvalue weighted by Crippen LogP contribution is -2.47. The van der Waals surface area contributed by atoms with Gasteiger partial charge in [-0.25, -0.2) is 0 Å². The molecule has 2 fully saturated rings. The molecule has 1 saturated heterocycles. The van der Waals surface area contributed by atoms with E-state index in [-0.39, 0.29) is 0 Å². The molecule has 2 bridgehead atoms. The Morgan fingerprint density at radius 1 is 0.800 bits per heavy atom. The van der Waals surface area contributed by atoms with Crippen LogP contribution in [0.1, 0.15) is 18.4 Å². The minimum absolute atomic E-state index is 0.888. The third-order valence-corrected chi connectivity index (χ3v) is 6.65. The number of hydrogen-bond acceptors (Lipinski definition) is 2. The van der Waals surface area contributed by atoms with Gasteiger partial charge in [-0.15, -0.1) is 0 Å². The fourth-order valence-corrected chi connectivity index (χ4v) is 5.24. The average molecular weight is 332 g/mol. The number of fused-ring (bicyclic) bond motifs is 3. The molecule has 0 unspecified atom stereocenters. The largest absolute Gasteiger partial charge is 0.300 e. The lowest BCUT2D eigenvalue weighted by atomic mass is 9.93. The first-order valence-electron chi connectivity index (χ1n) is 9.95. The van der Waals surface area contributed by atoms with Crippen molar-refractivity contribution in [3.05, 3.63) is 60.2 Å². The predicted molar refractivity (Wildman–Crippen MR) is 105 cm³/mol. The third-order valence-electron chi connectivity index (χ3n) is 6.65. The summed E-state index contributed by atoms with van der Waals surface area (Å²) in [5.74, 6) is 2.72. The van der Waals surface area contributed by atoms with Crippen LogP contribution in [0.3, 0.4) is 0 Å². The zero-order valence-electron chi connectivity index (χ0n) is 15.0. The van der Waals surface area contributed by atoms with Crippen LogP contribution in [-0.4, -0.2) is 42.5 Å². The van der Waals surface area contributed by atoms with Crippen molar-refractivity contribution in [3.8, 4) is 0 Å². The summed E-state index contributed by atoms with van der Waals surface area (Å²) in [6, 6.07) is 15.5. The van der Waals surface area contributed by atoms with Crippen LogP contribution in [0.25, 0.3) is 10.8 Å². The molecule has 5 rings (SSSR count). The summed E-state index contributed by atoms with van der Waals surface area (Å²) in [5, 5.41) is 2.78. The summed E-state index contributed by atoms with van der Waals surface area (Å²) in [7, 11) is 0. The molecular weight excluding hydrogens is 304 g/mol. The molecule has 0 aromatic heterocycles. The van der Waals surface area contributed by atoms with Gasteiger partial charge in [0.1, 0.15) is 0 Å². The SMILES string of the molecule is C1=C[C@@H]2C[C@@H]1C[C@@H]2CN1CCN(Cc2cccc3ccccc23)CC1. The van der Waals surface area contributed by atoms with E-state index in [1.165, 1.54) is 61.9 Å². The zero-order valence-corrected chi connectivity index (χ0v) is 15.0. The number of piperazine rings is 1. The van der Waals surface area contributed by atoms with E-state index in [0.29, 0.717) is 0 Å². The molecule has 25 heavy (non-hydrogen) atoms. The van der Waals surface area contributed by atoms with Gasteiger partial charge in [-0.05, 0) is 46.9 Å². The summed E-state index contributed by atoms with van der Waals surface area (Å²) in [6.07, 6.45) is 7.84. The number of benzene rings is 2. The first-order chi connectivity index (χ1) is 12.3. The number of rotatable bonds is 4. The van der Waals surface area contributed by atoms with Gasteiger partial charge in [-0.1, -0.05) is 54.6 Å². The summed E-state index contributed by atoms with van der Waals surface area (Å²) in [4.78, 5) is 5.36. The summed E-state index contributed by atoms with van der Waals surface area (Å²) < 4.78 is 0. The summed E-state index contributed by atoms with van der Waals surface area (Å²) in [5.41, 5.74) is 1.48. The van der Waals surface area contributed by atoms with Crippen LogP contribution in [0.2, 0.25) is 0 Å². The zero-order chi connectivity index (χ0) is 16.6. The molecule has 0 radical (unpaired) electrons. The van der Waals surface area contributed by atoms with Crippen molar-refractivity contribution in [2.75, 3.05) is 32.7 Å². The highest BCUT2D eigenvalue weighted by atomic mass is 15.3. The highest BCUT2D eigenvalue weighted by Gasteiger charge is 2.36. The Morgan fingerprint density at radius 3 is 2.40 bits per heavy atom. The highest BCUT2D eigenvalue weighted by molar-refractivity contribution is 5.85. The van der Waals surface area contributed by atoms with Crippen LogP contribution < -0.4 is 0 Å². The average Bonchev–Trinajstić information content (AvgIpc) is 3.27. The van der Waals surface area contributed by atoms with E-state index in [0.717, 1.165) is 24.3 Å². The maximum Gasteiger partial charge on any atom is 0.0240 e. The summed E-state index contributed by atoms with van der Waals surface area (Å²) >= 11 is 0. The smallest absolute Gasteiger partial charge is 0.0240 e. The van der Waals surface area contributed by atoms with Gasteiger partial charge < -0.3 is 4.90 Å². The van der Waals surface area contributed by atoms with Crippen molar-refractivity contribution in [1.82, 2.24) is 9.80 Å². The molecule has 130 valence electrons. The molecule has 0 spiro atoms. The van der Waals surface area contributed by atoms with Gasteiger partial charge in [0.2, 0.25) is 0 Å². The Bertz CT molecular complexity index is 767. The third kappa shape index (κ3) is 3.14. The monoisotopic (exact) mass is 332 g/mol. The molecule has 2 aromatic carbocycles. The van der Waals surface area contributed by atoms with Crippen molar-refractivity contribution >= 4 is 10.8 Å². The van der Waals surface area contributed by atoms with Crippen LogP contribution in [-0.2, 0) is 6.54 Å². The number of allylic oxidation sites excluding steroid dienone is 2. The van der Waals surface area contributed by atoms with Crippen molar-refractivity contribution in [3.63, 3.8) is 0 Å². The molecule has 3 aliphatic rings. The topological polar surface area (TPSA) is 6.48 Å². The molecule has 2 aliphatic carbocycles. The molecular formula is C23H28N2. The molecule has 1 saturated carbocycles. The van der Waals surface area contributed by atoms with Crippen molar-refractivity contribution in [1.29, 1.82) is 0 Å². The Kier molecular flexibility index (Phi) is 4.11. The number of hydrogen-bond donors (Lipinski definition) is 0. The fraction of sp³-hybridized carbons (Fsp3) is 0.478. The molecule has 2 nitrogen and oxygen atoms in total. The first-order valence-corrected chi connectivity index (χ1v) is 9.95. The number of nitrogens with zero attached hydrogens (tertiary/aromatic N) is 2. The van der Waals surface area contributed by atoms with Gasteiger partial charge in [0, 0.05) is 39.3 Å². The van der Waals surface area contributed by atoms with Crippen molar-refractivity contribution in [2.24, 2.45) is 17.8 Å². The van der Waals surface area contributed by atoms with Crippen LogP contribution in [0.5, 0.6) is 0 Å².